The molecule has 108 valence electrons. The molecule has 0 saturated heterocycles. The number of aromatic nitrogens is 2. The van der Waals surface area contributed by atoms with Gasteiger partial charge in [0.1, 0.15) is 0 Å². The van der Waals surface area contributed by atoms with E-state index in [1.165, 1.54) is 15.5 Å². The van der Waals surface area contributed by atoms with Crippen molar-refractivity contribution >= 4 is 28.3 Å². The molecule has 5 nitrogen and oxygen atoms in total. The van der Waals surface area contributed by atoms with E-state index in [2.05, 4.69) is 11.9 Å². The first-order valence-electron chi connectivity index (χ1n) is 6.62. The number of para-hydroxylation sites is 1. The third-order valence-electron chi connectivity index (χ3n) is 3.40. The van der Waals surface area contributed by atoms with Crippen LogP contribution in [0.3, 0.4) is 0 Å². The molecule has 0 atom stereocenters. The Bertz CT molecular complexity index is 873. The predicted octanol–water partition coefficient (Wildman–Crippen LogP) is 2.70. The first-order valence-corrected chi connectivity index (χ1v) is 7.44. The van der Waals surface area contributed by atoms with Crippen molar-refractivity contribution in [1.29, 1.82) is 0 Å². The number of aromatic carboxylic acids is 1. The van der Waals surface area contributed by atoms with Crippen molar-refractivity contribution in [3.05, 3.63) is 56.1 Å². The number of aromatic amines is 1. The summed E-state index contributed by atoms with van der Waals surface area (Å²) in [6.45, 7) is 2.46. The van der Waals surface area contributed by atoms with Crippen molar-refractivity contribution < 1.29 is 9.90 Å². The second-order valence-corrected chi connectivity index (χ2v) is 6.00. The number of fused-ring (bicyclic) bond motifs is 1. The minimum atomic E-state index is -1.03. The maximum atomic E-state index is 12.1. The number of hydrogen-bond donors (Lipinski definition) is 2. The highest BCUT2D eigenvalue weighted by molar-refractivity contribution is 7.11. The molecule has 1 aromatic carbocycles. The van der Waals surface area contributed by atoms with Crippen LogP contribution >= 0.6 is 11.3 Å². The van der Waals surface area contributed by atoms with Crippen molar-refractivity contribution in [3.63, 3.8) is 0 Å². The fraction of sp³-hybridized carbons (Fsp3) is 0.200. The van der Waals surface area contributed by atoms with Gasteiger partial charge in [0.15, 0.2) is 0 Å². The summed E-state index contributed by atoms with van der Waals surface area (Å²) in [6.07, 6.45) is 0.952. The maximum absolute atomic E-state index is 12.1. The standard InChI is InChI=1S/C15H14N2O3S/c1-2-9-6-7-10(21-9)8-17-13-11(14(18)19)4-3-5-12(13)16-15(17)20/h3-7H,2,8H2,1H3,(H,16,20)(H,18,19). The molecule has 21 heavy (non-hydrogen) atoms. The second kappa shape index (κ2) is 5.21. The Morgan fingerprint density at radius 1 is 1.29 bits per heavy atom. The van der Waals surface area contributed by atoms with Crippen LogP contribution in [0.1, 0.15) is 27.0 Å². The van der Waals surface area contributed by atoms with Crippen LogP contribution in [0.2, 0.25) is 0 Å². The van der Waals surface area contributed by atoms with E-state index >= 15 is 0 Å². The van der Waals surface area contributed by atoms with E-state index in [-0.39, 0.29) is 11.3 Å². The fourth-order valence-electron chi connectivity index (χ4n) is 2.40. The average molecular weight is 302 g/mol. The molecule has 0 saturated carbocycles. The van der Waals surface area contributed by atoms with Gasteiger partial charge < -0.3 is 10.1 Å². The summed E-state index contributed by atoms with van der Waals surface area (Å²) in [4.78, 5) is 28.5. The molecular formula is C15H14N2O3S. The second-order valence-electron chi connectivity index (χ2n) is 4.74. The Morgan fingerprint density at radius 3 is 2.71 bits per heavy atom. The van der Waals surface area contributed by atoms with Crippen LogP contribution in [0.25, 0.3) is 11.0 Å². The van der Waals surface area contributed by atoms with E-state index in [9.17, 15) is 14.7 Å². The number of carbonyl (C=O) groups is 1. The quantitative estimate of drug-likeness (QED) is 0.778. The topological polar surface area (TPSA) is 75.1 Å². The van der Waals surface area contributed by atoms with Crippen molar-refractivity contribution in [2.24, 2.45) is 0 Å². The van der Waals surface area contributed by atoms with E-state index in [4.69, 9.17) is 0 Å². The van der Waals surface area contributed by atoms with Gasteiger partial charge in [0.25, 0.3) is 0 Å². The highest BCUT2D eigenvalue weighted by atomic mass is 32.1. The van der Waals surface area contributed by atoms with Gasteiger partial charge in [0.2, 0.25) is 0 Å². The number of aryl methyl sites for hydroxylation is 1. The molecule has 3 rings (SSSR count). The smallest absolute Gasteiger partial charge is 0.337 e. The van der Waals surface area contributed by atoms with E-state index < -0.39 is 5.97 Å². The normalized spacial score (nSPS) is 11.1. The van der Waals surface area contributed by atoms with Gasteiger partial charge in [-0.05, 0) is 30.7 Å². The highest BCUT2D eigenvalue weighted by Crippen LogP contribution is 2.21. The molecule has 0 aliphatic heterocycles. The van der Waals surface area contributed by atoms with Gasteiger partial charge in [-0.3, -0.25) is 4.57 Å². The number of benzene rings is 1. The van der Waals surface area contributed by atoms with Gasteiger partial charge >= 0.3 is 11.7 Å². The van der Waals surface area contributed by atoms with E-state index in [1.807, 2.05) is 12.1 Å². The van der Waals surface area contributed by atoms with Gasteiger partial charge in [0, 0.05) is 9.75 Å². The number of rotatable bonds is 4. The molecule has 2 heterocycles. The van der Waals surface area contributed by atoms with Crippen LogP contribution in [0.5, 0.6) is 0 Å². The zero-order chi connectivity index (χ0) is 15.0. The van der Waals surface area contributed by atoms with Gasteiger partial charge in [-0.25, -0.2) is 9.59 Å². The van der Waals surface area contributed by atoms with Crippen LogP contribution in [-0.4, -0.2) is 20.6 Å². The van der Waals surface area contributed by atoms with Crippen LogP contribution < -0.4 is 5.69 Å². The molecule has 2 N–H and O–H groups in total. The van der Waals surface area contributed by atoms with E-state index in [0.717, 1.165) is 11.3 Å². The molecule has 0 fully saturated rings. The zero-order valence-electron chi connectivity index (χ0n) is 11.4. The molecule has 0 spiro atoms. The number of nitrogens with zero attached hydrogens (tertiary/aromatic N) is 1. The van der Waals surface area contributed by atoms with Crippen molar-refractivity contribution in [2.75, 3.05) is 0 Å². The van der Waals surface area contributed by atoms with Crippen molar-refractivity contribution in [2.45, 2.75) is 19.9 Å². The summed E-state index contributed by atoms with van der Waals surface area (Å²) in [6, 6.07) is 8.88. The third kappa shape index (κ3) is 2.38. The number of imidazole rings is 1. The van der Waals surface area contributed by atoms with Gasteiger partial charge in [-0.2, -0.15) is 0 Å². The van der Waals surface area contributed by atoms with E-state index in [1.54, 1.807) is 23.5 Å². The van der Waals surface area contributed by atoms with Crippen LogP contribution in [0.15, 0.2) is 35.1 Å². The molecule has 6 heteroatoms. The third-order valence-corrected chi connectivity index (χ3v) is 4.62. The molecule has 3 aromatic rings. The van der Waals surface area contributed by atoms with Crippen LogP contribution in [-0.2, 0) is 13.0 Å². The monoisotopic (exact) mass is 302 g/mol. The first-order chi connectivity index (χ1) is 10.1. The molecule has 0 bridgehead atoms. The molecule has 0 aliphatic carbocycles. The summed E-state index contributed by atoms with van der Waals surface area (Å²) < 4.78 is 1.49. The van der Waals surface area contributed by atoms with Gasteiger partial charge in [0.05, 0.1) is 23.1 Å². The lowest BCUT2D eigenvalue weighted by Gasteiger charge is -2.04. The molecule has 0 amide bonds. The minimum absolute atomic E-state index is 0.137. The Hall–Kier alpha value is -2.34. The Kier molecular flexibility index (Phi) is 3.39. The zero-order valence-corrected chi connectivity index (χ0v) is 12.2. The van der Waals surface area contributed by atoms with Crippen molar-refractivity contribution in [1.82, 2.24) is 9.55 Å². The lowest BCUT2D eigenvalue weighted by atomic mass is 10.2. The molecule has 0 unspecified atom stereocenters. The highest BCUT2D eigenvalue weighted by Gasteiger charge is 2.16. The Balaban J connectivity index is 2.15. The number of H-pyrrole nitrogens is 1. The SMILES string of the molecule is CCc1ccc(Cn2c(=O)[nH]c3cccc(C(=O)O)c32)s1. The summed E-state index contributed by atoms with van der Waals surface area (Å²) in [7, 11) is 0. The average Bonchev–Trinajstić information content (AvgIpc) is 3.04. The van der Waals surface area contributed by atoms with E-state index in [0.29, 0.717) is 17.6 Å². The van der Waals surface area contributed by atoms with Crippen LogP contribution in [0, 0.1) is 0 Å². The molecule has 2 aromatic heterocycles. The maximum Gasteiger partial charge on any atom is 0.337 e. The summed E-state index contributed by atoms with van der Waals surface area (Å²) in [5.41, 5.74) is 0.844. The van der Waals surface area contributed by atoms with Gasteiger partial charge in [-0.1, -0.05) is 13.0 Å². The molecule has 0 aliphatic rings. The van der Waals surface area contributed by atoms with Crippen LogP contribution in [0.4, 0.5) is 0 Å². The fourth-order valence-corrected chi connectivity index (χ4v) is 3.34. The Morgan fingerprint density at radius 2 is 2.05 bits per heavy atom. The first kappa shape index (κ1) is 13.6. The molecule has 0 radical (unpaired) electrons. The summed E-state index contributed by atoms with van der Waals surface area (Å²) >= 11 is 1.64. The number of hydrogen-bond acceptors (Lipinski definition) is 3. The number of thiophene rings is 1. The number of carboxylic acids is 1. The van der Waals surface area contributed by atoms with Gasteiger partial charge in [-0.15, -0.1) is 11.3 Å². The summed E-state index contributed by atoms with van der Waals surface area (Å²) in [5.74, 6) is -1.03. The van der Waals surface area contributed by atoms with Crippen molar-refractivity contribution in [3.8, 4) is 0 Å². The number of nitrogens with one attached hydrogen (secondary N) is 1. The number of carboxylic acid groups (broad SMARTS) is 1. The summed E-state index contributed by atoms with van der Waals surface area (Å²) in [5, 5.41) is 9.30. The minimum Gasteiger partial charge on any atom is -0.478 e. The molecular weight excluding hydrogens is 288 g/mol. The Labute approximate surface area is 124 Å². The lowest BCUT2D eigenvalue weighted by Crippen LogP contribution is -2.17. The predicted molar refractivity (Wildman–Crippen MR) is 82.3 cm³/mol. The largest absolute Gasteiger partial charge is 0.478 e. The lowest BCUT2D eigenvalue weighted by molar-refractivity contribution is 0.0698.